The molecule has 0 amide bonds. The van der Waals surface area contributed by atoms with Crippen molar-refractivity contribution in [3.8, 4) is 11.5 Å². The second-order valence-electron chi connectivity index (χ2n) is 5.87. The lowest BCUT2D eigenvalue weighted by Gasteiger charge is -2.04. The molecule has 0 N–H and O–H groups in total. The lowest BCUT2D eigenvalue weighted by Crippen LogP contribution is -2.15. The largest absolute Gasteiger partial charge is 0.454 e. The second-order valence-corrected chi connectivity index (χ2v) is 5.87. The Labute approximate surface area is 156 Å². The van der Waals surface area contributed by atoms with Crippen molar-refractivity contribution in [3.63, 3.8) is 0 Å². The normalized spacial score (nSPS) is 13.1. The van der Waals surface area contributed by atoms with E-state index in [9.17, 15) is 4.79 Å². The smallest absolute Gasteiger partial charge is 0.231 e. The second kappa shape index (κ2) is 7.66. The summed E-state index contributed by atoms with van der Waals surface area (Å²) in [6.45, 7) is 0.220. The Kier molecular flexibility index (Phi) is 4.74. The summed E-state index contributed by atoms with van der Waals surface area (Å²) >= 11 is 0. The zero-order valence-corrected chi connectivity index (χ0v) is 14.4. The maximum absolute atomic E-state index is 12.9. The Morgan fingerprint density at radius 1 is 0.815 bits per heavy atom. The van der Waals surface area contributed by atoms with Crippen molar-refractivity contribution in [1.82, 2.24) is 0 Å². The van der Waals surface area contributed by atoms with Crippen LogP contribution in [-0.2, 0) is 0 Å². The number of rotatable bonds is 5. The summed E-state index contributed by atoms with van der Waals surface area (Å²) in [6, 6.07) is 23.9. The van der Waals surface area contributed by atoms with Crippen LogP contribution in [0.25, 0.3) is 0 Å². The maximum Gasteiger partial charge on any atom is 0.231 e. The van der Waals surface area contributed by atoms with Gasteiger partial charge in [0.1, 0.15) is 5.71 Å². The van der Waals surface area contributed by atoms with E-state index in [1.165, 1.54) is 0 Å². The predicted molar refractivity (Wildman–Crippen MR) is 104 cm³/mol. The first-order valence-corrected chi connectivity index (χ1v) is 8.47. The van der Waals surface area contributed by atoms with Gasteiger partial charge in [0, 0.05) is 11.1 Å². The van der Waals surface area contributed by atoms with Crippen LogP contribution in [0.1, 0.15) is 21.5 Å². The van der Waals surface area contributed by atoms with Crippen LogP contribution < -0.4 is 9.47 Å². The molecule has 0 aromatic heterocycles. The number of hydrogen-bond acceptors (Lipinski definition) is 5. The summed E-state index contributed by atoms with van der Waals surface area (Å²) in [7, 11) is 0. The lowest BCUT2D eigenvalue weighted by molar-refractivity contribution is 0.106. The highest BCUT2D eigenvalue weighted by Gasteiger charge is 2.16. The van der Waals surface area contributed by atoms with Crippen LogP contribution >= 0.6 is 0 Å². The highest BCUT2D eigenvalue weighted by Crippen LogP contribution is 2.31. The Bertz CT molecular complexity index is 1010. The van der Waals surface area contributed by atoms with Crippen molar-refractivity contribution in [2.45, 2.75) is 0 Å². The minimum absolute atomic E-state index is 0.176. The number of Topliss-reactive ketones (excluding diaryl/α,β-unsaturated/α-hetero) is 1. The van der Waals surface area contributed by atoms with Crippen LogP contribution in [0, 0.1) is 0 Å². The van der Waals surface area contributed by atoms with Crippen molar-refractivity contribution >= 4 is 17.7 Å². The molecule has 27 heavy (non-hydrogen) atoms. The zero-order chi connectivity index (χ0) is 18.5. The molecule has 0 bridgehead atoms. The molecule has 0 atom stereocenters. The molecule has 1 aliphatic heterocycles. The fraction of sp³-hybridized carbons (Fsp3) is 0.0455. The molecule has 0 saturated heterocycles. The molecule has 3 aromatic carbocycles. The molecular formula is C22H16N2O3. The summed E-state index contributed by atoms with van der Waals surface area (Å²) in [5, 5.41) is 8.36. The average Bonchev–Trinajstić information content (AvgIpc) is 3.20. The van der Waals surface area contributed by atoms with Crippen LogP contribution in [0.5, 0.6) is 11.5 Å². The highest BCUT2D eigenvalue weighted by molar-refractivity contribution is 6.51. The molecule has 1 aliphatic rings. The van der Waals surface area contributed by atoms with Crippen molar-refractivity contribution < 1.29 is 14.3 Å². The molecule has 1 heterocycles. The van der Waals surface area contributed by atoms with Gasteiger partial charge in [0.2, 0.25) is 12.6 Å². The molecule has 0 radical (unpaired) electrons. The molecule has 3 aromatic rings. The first-order chi connectivity index (χ1) is 13.3. The van der Waals surface area contributed by atoms with Gasteiger partial charge in [-0.05, 0) is 23.8 Å². The van der Waals surface area contributed by atoms with Crippen LogP contribution in [0.2, 0.25) is 0 Å². The number of fused-ring (bicyclic) bond motifs is 1. The quantitative estimate of drug-likeness (QED) is 0.392. The SMILES string of the molecule is O=C(/C(=N\N=C\c1ccc2c(c1)OCO2)c1ccccc1)c1ccccc1. The third kappa shape index (κ3) is 3.77. The fourth-order valence-electron chi connectivity index (χ4n) is 2.70. The summed E-state index contributed by atoms with van der Waals surface area (Å²) in [5.41, 5.74) is 2.38. The van der Waals surface area contributed by atoms with E-state index < -0.39 is 0 Å². The van der Waals surface area contributed by atoms with Crippen LogP contribution in [0.4, 0.5) is 0 Å². The van der Waals surface area contributed by atoms with Gasteiger partial charge in [-0.3, -0.25) is 4.79 Å². The molecule has 0 fully saturated rings. The number of carbonyl (C=O) groups excluding carboxylic acids is 1. The van der Waals surface area contributed by atoms with E-state index in [1.807, 2.05) is 66.7 Å². The summed E-state index contributed by atoms with van der Waals surface area (Å²) in [6.07, 6.45) is 1.59. The Morgan fingerprint density at radius 3 is 2.22 bits per heavy atom. The van der Waals surface area contributed by atoms with Gasteiger partial charge in [0.15, 0.2) is 11.5 Å². The van der Waals surface area contributed by atoms with Gasteiger partial charge >= 0.3 is 0 Å². The van der Waals surface area contributed by atoms with Crippen LogP contribution in [-0.4, -0.2) is 24.5 Å². The minimum Gasteiger partial charge on any atom is -0.454 e. The number of carbonyl (C=O) groups is 1. The molecule has 5 nitrogen and oxygen atoms in total. The van der Waals surface area contributed by atoms with Gasteiger partial charge in [-0.15, -0.1) is 5.10 Å². The van der Waals surface area contributed by atoms with E-state index in [4.69, 9.17) is 9.47 Å². The monoisotopic (exact) mass is 356 g/mol. The van der Waals surface area contributed by atoms with Crippen molar-refractivity contribution in [3.05, 3.63) is 95.6 Å². The number of hydrogen-bond donors (Lipinski definition) is 0. The summed E-state index contributed by atoms with van der Waals surface area (Å²) in [4.78, 5) is 12.9. The van der Waals surface area contributed by atoms with E-state index in [2.05, 4.69) is 10.2 Å². The third-order valence-corrected chi connectivity index (χ3v) is 4.06. The Morgan fingerprint density at radius 2 is 1.48 bits per heavy atom. The molecule has 0 spiro atoms. The van der Waals surface area contributed by atoms with Gasteiger partial charge in [0.25, 0.3) is 0 Å². The zero-order valence-electron chi connectivity index (χ0n) is 14.4. The predicted octanol–water partition coefficient (Wildman–Crippen LogP) is 4.12. The average molecular weight is 356 g/mol. The Balaban J connectivity index is 1.65. The first kappa shape index (κ1) is 16.7. The van der Waals surface area contributed by atoms with Crippen molar-refractivity contribution in [2.24, 2.45) is 10.2 Å². The van der Waals surface area contributed by atoms with Gasteiger partial charge in [-0.2, -0.15) is 5.10 Å². The van der Waals surface area contributed by atoms with Gasteiger partial charge in [-0.25, -0.2) is 0 Å². The van der Waals surface area contributed by atoms with Crippen molar-refractivity contribution in [2.75, 3.05) is 6.79 Å². The number of ether oxygens (including phenoxy) is 2. The third-order valence-electron chi connectivity index (χ3n) is 4.06. The molecule has 5 heteroatoms. The van der Waals surface area contributed by atoms with Crippen LogP contribution in [0.15, 0.2) is 89.1 Å². The van der Waals surface area contributed by atoms with E-state index in [0.717, 1.165) is 5.56 Å². The van der Waals surface area contributed by atoms with Crippen molar-refractivity contribution in [1.29, 1.82) is 0 Å². The van der Waals surface area contributed by atoms with E-state index in [1.54, 1.807) is 18.3 Å². The van der Waals surface area contributed by atoms with Gasteiger partial charge in [0.05, 0.1) is 6.21 Å². The number of benzene rings is 3. The lowest BCUT2D eigenvalue weighted by atomic mass is 10.0. The summed E-state index contributed by atoms with van der Waals surface area (Å²) < 4.78 is 10.7. The topological polar surface area (TPSA) is 60.2 Å². The first-order valence-electron chi connectivity index (χ1n) is 8.47. The molecular weight excluding hydrogens is 340 g/mol. The van der Waals surface area contributed by atoms with E-state index in [-0.39, 0.29) is 12.6 Å². The van der Waals surface area contributed by atoms with E-state index >= 15 is 0 Å². The van der Waals surface area contributed by atoms with Crippen LogP contribution in [0.3, 0.4) is 0 Å². The molecule has 132 valence electrons. The number of ketones is 1. The Hall–Kier alpha value is -3.73. The molecule has 0 unspecified atom stereocenters. The van der Waals surface area contributed by atoms with Gasteiger partial charge in [-0.1, -0.05) is 60.7 Å². The molecule has 0 aliphatic carbocycles. The maximum atomic E-state index is 12.9. The summed E-state index contributed by atoms with van der Waals surface area (Å²) in [5.74, 6) is 1.20. The highest BCUT2D eigenvalue weighted by atomic mass is 16.7. The fourth-order valence-corrected chi connectivity index (χ4v) is 2.70. The molecule has 4 rings (SSSR count). The molecule has 0 saturated carbocycles. The number of nitrogens with zero attached hydrogens (tertiary/aromatic N) is 2. The minimum atomic E-state index is -0.176. The standard InChI is InChI=1S/C22H16N2O3/c25-22(18-9-5-2-6-10-18)21(17-7-3-1-4-8-17)24-23-14-16-11-12-19-20(13-16)27-15-26-19/h1-14H,15H2/b23-14+,24-21-. The van der Waals surface area contributed by atoms with E-state index in [0.29, 0.717) is 28.3 Å². The van der Waals surface area contributed by atoms with Gasteiger partial charge < -0.3 is 9.47 Å².